The van der Waals surface area contributed by atoms with Gasteiger partial charge in [-0.25, -0.2) is 9.59 Å². The van der Waals surface area contributed by atoms with Gasteiger partial charge < -0.3 is 15.0 Å². The number of benzene rings is 1. The average molecular weight is 387 g/mol. The Labute approximate surface area is 160 Å². The Morgan fingerprint density at radius 1 is 1.22 bits per heavy atom. The molecule has 1 aliphatic rings. The molecule has 142 valence electrons. The van der Waals surface area contributed by atoms with Crippen molar-refractivity contribution in [3.63, 3.8) is 0 Å². The number of H-pyrrole nitrogens is 1. The molecule has 27 heavy (non-hydrogen) atoms. The van der Waals surface area contributed by atoms with Gasteiger partial charge in [0.2, 0.25) is 5.91 Å². The summed E-state index contributed by atoms with van der Waals surface area (Å²) in [6.45, 7) is 2.06. The van der Waals surface area contributed by atoms with E-state index in [0.717, 1.165) is 36.9 Å². The lowest BCUT2D eigenvalue weighted by Gasteiger charge is -2.17. The summed E-state index contributed by atoms with van der Waals surface area (Å²) in [4.78, 5) is 42.4. The van der Waals surface area contributed by atoms with E-state index in [1.807, 2.05) is 0 Å². The van der Waals surface area contributed by atoms with Crippen molar-refractivity contribution in [1.82, 2.24) is 9.97 Å². The van der Waals surface area contributed by atoms with E-state index < -0.39 is 5.97 Å². The van der Waals surface area contributed by atoms with Gasteiger partial charge in [-0.15, -0.1) is 0 Å². The first kappa shape index (κ1) is 19.2. The number of nitrogens with zero attached hydrogens (tertiary/aromatic N) is 1. The molecule has 0 spiro atoms. The summed E-state index contributed by atoms with van der Waals surface area (Å²) < 4.78 is 4.93. The highest BCUT2D eigenvalue weighted by Gasteiger charge is 2.17. The molecule has 0 radical (unpaired) electrons. The molecule has 0 saturated carbocycles. The molecule has 1 aromatic heterocycles. The van der Waals surface area contributed by atoms with Crippen LogP contribution in [0.2, 0.25) is 0 Å². The summed E-state index contributed by atoms with van der Waals surface area (Å²) >= 11 is 1.27. The van der Waals surface area contributed by atoms with Gasteiger partial charge in [0, 0.05) is 16.9 Å². The number of fused-ring (bicyclic) bond motifs is 1. The van der Waals surface area contributed by atoms with Crippen molar-refractivity contribution in [2.75, 3.05) is 17.7 Å². The van der Waals surface area contributed by atoms with Crippen LogP contribution in [0.5, 0.6) is 0 Å². The van der Waals surface area contributed by atoms with E-state index in [1.165, 1.54) is 11.8 Å². The second kappa shape index (κ2) is 8.85. The normalized spacial score (nSPS) is 12.9. The number of ether oxygens (including phenoxy) is 1. The standard InChI is InChI=1S/C19H21N3O4S/c1-2-26-18(24)12-7-9-13(10-8-12)20-16(23)11-27-17-14-5-3-4-6-15(14)21-19(25)22-17/h7-10H,2-6,11H2,1H3,(H,20,23)(H,21,22,25). The first-order valence-electron chi connectivity index (χ1n) is 8.88. The Kier molecular flexibility index (Phi) is 6.28. The van der Waals surface area contributed by atoms with Crippen LogP contribution in [0.25, 0.3) is 0 Å². The van der Waals surface area contributed by atoms with E-state index in [-0.39, 0.29) is 17.3 Å². The van der Waals surface area contributed by atoms with E-state index in [4.69, 9.17) is 4.74 Å². The van der Waals surface area contributed by atoms with Crippen LogP contribution in [0.3, 0.4) is 0 Å². The maximum Gasteiger partial charge on any atom is 0.346 e. The number of hydrogen-bond donors (Lipinski definition) is 2. The quantitative estimate of drug-likeness (QED) is 0.449. The number of thioether (sulfide) groups is 1. The van der Waals surface area contributed by atoms with Crippen molar-refractivity contribution < 1.29 is 14.3 Å². The molecular weight excluding hydrogens is 366 g/mol. The highest BCUT2D eigenvalue weighted by atomic mass is 32.2. The number of hydrogen-bond acceptors (Lipinski definition) is 6. The van der Waals surface area contributed by atoms with Crippen LogP contribution in [0, 0.1) is 0 Å². The molecule has 8 heteroatoms. The van der Waals surface area contributed by atoms with Crippen LogP contribution in [0.1, 0.15) is 41.4 Å². The van der Waals surface area contributed by atoms with Crippen LogP contribution in [-0.4, -0.2) is 34.2 Å². The lowest BCUT2D eigenvalue weighted by atomic mass is 9.98. The molecule has 2 N–H and O–H groups in total. The topological polar surface area (TPSA) is 101 Å². The fourth-order valence-corrected chi connectivity index (χ4v) is 3.84. The first-order valence-corrected chi connectivity index (χ1v) is 9.87. The molecule has 1 aromatic carbocycles. The minimum absolute atomic E-state index is 0.155. The molecule has 0 aliphatic heterocycles. The Morgan fingerprint density at radius 3 is 2.70 bits per heavy atom. The maximum atomic E-state index is 12.2. The highest BCUT2D eigenvalue weighted by molar-refractivity contribution is 8.00. The van der Waals surface area contributed by atoms with Crippen LogP contribution in [0.4, 0.5) is 5.69 Å². The number of aromatic amines is 1. The molecule has 0 saturated heterocycles. The van der Waals surface area contributed by atoms with E-state index in [9.17, 15) is 14.4 Å². The molecule has 1 aliphatic carbocycles. The first-order chi connectivity index (χ1) is 13.1. The van der Waals surface area contributed by atoms with Gasteiger partial charge in [0.15, 0.2) is 0 Å². The van der Waals surface area contributed by atoms with Gasteiger partial charge in [-0.05, 0) is 56.9 Å². The Bertz CT molecular complexity index is 893. The number of rotatable bonds is 6. The molecular formula is C19H21N3O4S. The van der Waals surface area contributed by atoms with Gasteiger partial charge in [-0.1, -0.05) is 11.8 Å². The number of esters is 1. The van der Waals surface area contributed by atoms with Gasteiger partial charge in [-0.3, -0.25) is 4.79 Å². The molecule has 2 aromatic rings. The summed E-state index contributed by atoms with van der Waals surface area (Å²) in [6, 6.07) is 6.52. The van der Waals surface area contributed by atoms with E-state index >= 15 is 0 Å². The van der Waals surface area contributed by atoms with E-state index in [0.29, 0.717) is 22.9 Å². The average Bonchev–Trinajstić information content (AvgIpc) is 2.66. The summed E-state index contributed by atoms with van der Waals surface area (Å²) in [7, 11) is 0. The number of carbonyl (C=O) groups is 2. The molecule has 0 unspecified atom stereocenters. The maximum absolute atomic E-state index is 12.2. The summed E-state index contributed by atoms with van der Waals surface area (Å²) in [6.07, 6.45) is 3.84. The number of carbonyl (C=O) groups excluding carboxylic acids is 2. The largest absolute Gasteiger partial charge is 0.462 e. The second-order valence-corrected chi connectivity index (χ2v) is 7.11. The van der Waals surface area contributed by atoms with E-state index in [2.05, 4.69) is 15.3 Å². The summed E-state index contributed by atoms with van der Waals surface area (Å²) in [5, 5.41) is 3.42. The van der Waals surface area contributed by atoms with Gasteiger partial charge in [0.05, 0.1) is 17.9 Å². The molecule has 1 amide bonds. The lowest BCUT2D eigenvalue weighted by molar-refractivity contribution is -0.113. The van der Waals surface area contributed by atoms with Crippen LogP contribution in [-0.2, 0) is 22.4 Å². The third kappa shape index (κ3) is 4.97. The molecule has 3 rings (SSSR count). The zero-order valence-electron chi connectivity index (χ0n) is 15.0. The SMILES string of the molecule is CCOC(=O)c1ccc(NC(=O)CSc2nc(=O)[nH]c3c2CCCC3)cc1. The fourth-order valence-electron chi connectivity index (χ4n) is 2.95. The van der Waals surface area contributed by atoms with Crippen molar-refractivity contribution in [3.05, 3.63) is 51.6 Å². The van der Waals surface area contributed by atoms with Crippen LogP contribution >= 0.6 is 11.8 Å². The Hall–Kier alpha value is -2.61. The smallest absolute Gasteiger partial charge is 0.346 e. The molecule has 0 fully saturated rings. The molecule has 1 heterocycles. The van der Waals surface area contributed by atoms with Crippen molar-refractivity contribution in [2.24, 2.45) is 0 Å². The molecule has 0 atom stereocenters. The second-order valence-electron chi connectivity index (χ2n) is 6.15. The molecule has 7 nitrogen and oxygen atoms in total. The number of aryl methyl sites for hydroxylation is 1. The summed E-state index contributed by atoms with van der Waals surface area (Å²) in [5.74, 6) is -0.436. The van der Waals surface area contributed by atoms with Gasteiger partial charge in [-0.2, -0.15) is 4.98 Å². The summed E-state index contributed by atoms with van der Waals surface area (Å²) in [5.41, 5.74) is 2.65. The number of amides is 1. The predicted molar refractivity (Wildman–Crippen MR) is 103 cm³/mol. The lowest BCUT2D eigenvalue weighted by Crippen LogP contribution is -2.21. The van der Waals surface area contributed by atoms with Crippen molar-refractivity contribution in [3.8, 4) is 0 Å². The zero-order chi connectivity index (χ0) is 19.2. The highest BCUT2D eigenvalue weighted by Crippen LogP contribution is 2.27. The number of aromatic nitrogens is 2. The van der Waals surface area contributed by atoms with E-state index in [1.54, 1.807) is 31.2 Å². The third-order valence-electron chi connectivity index (χ3n) is 4.21. The number of anilines is 1. The number of nitrogens with one attached hydrogen (secondary N) is 2. The monoisotopic (exact) mass is 387 g/mol. The Morgan fingerprint density at radius 2 is 1.96 bits per heavy atom. The molecule has 0 bridgehead atoms. The minimum Gasteiger partial charge on any atom is -0.462 e. The van der Waals surface area contributed by atoms with Gasteiger partial charge >= 0.3 is 11.7 Å². The third-order valence-corrected chi connectivity index (χ3v) is 5.22. The van der Waals surface area contributed by atoms with Gasteiger partial charge in [0.1, 0.15) is 5.03 Å². The minimum atomic E-state index is -0.393. The van der Waals surface area contributed by atoms with Crippen molar-refractivity contribution in [1.29, 1.82) is 0 Å². The van der Waals surface area contributed by atoms with Crippen LogP contribution in [0.15, 0.2) is 34.1 Å². The van der Waals surface area contributed by atoms with Crippen LogP contribution < -0.4 is 11.0 Å². The Balaban J connectivity index is 1.60. The predicted octanol–water partition coefficient (Wildman–Crippen LogP) is 2.56. The fraction of sp³-hybridized carbons (Fsp3) is 0.368. The van der Waals surface area contributed by atoms with Crippen molar-refractivity contribution in [2.45, 2.75) is 37.6 Å². The van der Waals surface area contributed by atoms with Gasteiger partial charge in [0.25, 0.3) is 0 Å². The zero-order valence-corrected chi connectivity index (χ0v) is 15.9. The van der Waals surface area contributed by atoms with Crippen molar-refractivity contribution >= 4 is 29.3 Å².